The Morgan fingerprint density at radius 3 is 3.05 bits per heavy atom. The SMILES string of the molecule is Cc1ccc(C(CN)N2CCN3C(=O)NCC3C2)s1. The molecule has 0 aromatic carbocycles. The number of fused-ring (bicyclic) bond motifs is 1. The standard InChI is InChI=1S/C13H20N4OS/c1-9-2-3-12(19-9)11(6-14)16-4-5-17-10(8-16)7-15-13(17)18/h2-3,10-11H,4-8,14H2,1H3,(H,15,18). The molecule has 0 radical (unpaired) electrons. The zero-order chi connectivity index (χ0) is 13.4. The molecule has 2 aliphatic heterocycles. The van der Waals surface area contributed by atoms with Crippen molar-refractivity contribution >= 4 is 17.4 Å². The third-order valence-corrected chi connectivity index (χ3v) is 5.12. The van der Waals surface area contributed by atoms with Gasteiger partial charge >= 0.3 is 6.03 Å². The van der Waals surface area contributed by atoms with Gasteiger partial charge in [-0.3, -0.25) is 4.90 Å². The number of amides is 2. The number of nitrogens with two attached hydrogens (primary N) is 1. The number of piperazine rings is 1. The number of nitrogens with zero attached hydrogens (tertiary/aromatic N) is 2. The average molecular weight is 280 g/mol. The van der Waals surface area contributed by atoms with Gasteiger partial charge < -0.3 is 16.0 Å². The molecule has 104 valence electrons. The van der Waals surface area contributed by atoms with Gasteiger partial charge in [0.2, 0.25) is 0 Å². The van der Waals surface area contributed by atoms with Gasteiger partial charge in [0.15, 0.2) is 0 Å². The van der Waals surface area contributed by atoms with Crippen LogP contribution in [0.15, 0.2) is 12.1 Å². The van der Waals surface area contributed by atoms with E-state index >= 15 is 0 Å². The van der Waals surface area contributed by atoms with Crippen molar-refractivity contribution in [2.45, 2.75) is 19.0 Å². The van der Waals surface area contributed by atoms with Crippen molar-refractivity contribution in [1.29, 1.82) is 0 Å². The molecule has 2 saturated heterocycles. The van der Waals surface area contributed by atoms with Gasteiger partial charge in [0.05, 0.1) is 12.1 Å². The third kappa shape index (κ3) is 2.35. The number of carbonyl (C=O) groups is 1. The van der Waals surface area contributed by atoms with Gasteiger partial charge in [0, 0.05) is 42.5 Å². The number of thiophene rings is 1. The lowest BCUT2D eigenvalue weighted by Gasteiger charge is -2.40. The van der Waals surface area contributed by atoms with E-state index in [-0.39, 0.29) is 12.1 Å². The average Bonchev–Trinajstić information content (AvgIpc) is 2.98. The number of nitrogens with one attached hydrogen (secondary N) is 1. The summed E-state index contributed by atoms with van der Waals surface area (Å²) in [7, 11) is 0. The maximum absolute atomic E-state index is 11.6. The van der Waals surface area contributed by atoms with E-state index in [9.17, 15) is 4.79 Å². The van der Waals surface area contributed by atoms with Crippen molar-refractivity contribution in [2.24, 2.45) is 5.73 Å². The highest BCUT2D eigenvalue weighted by Crippen LogP contribution is 2.29. The minimum absolute atomic E-state index is 0.0842. The predicted molar refractivity (Wildman–Crippen MR) is 76.3 cm³/mol. The van der Waals surface area contributed by atoms with Crippen LogP contribution >= 0.6 is 11.3 Å². The summed E-state index contributed by atoms with van der Waals surface area (Å²) in [6.07, 6.45) is 0. The first-order chi connectivity index (χ1) is 9.19. The Hall–Kier alpha value is -1.11. The van der Waals surface area contributed by atoms with Gasteiger partial charge in [-0.05, 0) is 19.1 Å². The highest BCUT2D eigenvalue weighted by Gasteiger charge is 2.37. The summed E-state index contributed by atoms with van der Waals surface area (Å²) in [5.74, 6) is 0. The fraction of sp³-hybridized carbons (Fsp3) is 0.615. The summed E-state index contributed by atoms with van der Waals surface area (Å²) in [6, 6.07) is 5.01. The van der Waals surface area contributed by atoms with E-state index in [1.165, 1.54) is 9.75 Å². The van der Waals surface area contributed by atoms with Crippen LogP contribution in [-0.4, -0.2) is 54.6 Å². The molecule has 19 heavy (non-hydrogen) atoms. The quantitative estimate of drug-likeness (QED) is 0.859. The summed E-state index contributed by atoms with van der Waals surface area (Å²) in [6.45, 7) is 6.14. The molecule has 2 aliphatic rings. The molecule has 2 atom stereocenters. The molecule has 2 unspecified atom stereocenters. The molecule has 3 rings (SSSR count). The van der Waals surface area contributed by atoms with E-state index in [2.05, 4.69) is 29.3 Å². The number of hydrogen-bond acceptors (Lipinski definition) is 4. The molecule has 0 spiro atoms. The summed E-state index contributed by atoms with van der Waals surface area (Å²) in [5.41, 5.74) is 5.98. The lowest BCUT2D eigenvalue weighted by molar-refractivity contribution is 0.0916. The van der Waals surface area contributed by atoms with E-state index < -0.39 is 0 Å². The second-order valence-electron chi connectivity index (χ2n) is 5.23. The van der Waals surface area contributed by atoms with Crippen molar-refractivity contribution in [3.63, 3.8) is 0 Å². The second-order valence-corrected chi connectivity index (χ2v) is 6.55. The van der Waals surface area contributed by atoms with Gasteiger partial charge in [-0.25, -0.2) is 4.79 Å². The maximum Gasteiger partial charge on any atom is 0.317 e. The van der Waals surface area contributed by atoms with E-state index in [0.717, 1.165) is 26.2 Å². The third-order valence-electron chi connectivity index (χ3n) is 4.02. The molecule has 3 N–H and O–H groups in total. The van der Waals surface area contributed by atoms with Crippen LogP contribution in [0.3, 0.4) is 0 Å². The molecule has 1 aromatic heterocycles. The minimum atomic E-state index is 0.0842. The number of rotatable bonds is 3. The van der Waals surface area contributed by atoms with E-state index in [1.54, 1.807) is 0 Å². The molecule has 2 amide bonds. The summed E-state index contributed by atoms with van der Waals surface area (Å²) in [4.78, 5) is 18.6. The Kier molecular flexibility index (Phi) is 3.47. The number of aryl methyl sites for hydroxylation is 1. The van der Waals surface area contributed by atoms with Crippen molar-refractivity contribution in [2.75, 3.05) is 32.7 Å². The number of hydrogen-bond donors (Lipinski definition) is 2. The van der Waals surface area contributed by atoms with E-state index in [1.807, 2.05) is 16.2 Å². The van der Waals surface area contributed by atoms with Gasteiger partial charge in [0.1, 0.15) is 0 Å². The van der Waals surface area contributed by atoms with Gasteiger partial charge in [-0.2, -0.15) is 0 Å². The fourth-order valence-corrected chi connectivity index (χ4v) is 4.01. The lowest BCUT2D eigenvalue weighted by Crippen LogP contribution is -2.53. The zero-order valence-corrected chi connectivity index (χ0v) is 11.9. The first-order valence-electron chi connectivity index (χ1n) is 6.74. The molecular weight excluding hydrogens is 260 g/mol. The Morgan fingerprint density at radius 1 is 1.53 bits per heavy atom. The Morgan fingerprint density at radius 2 is 2.37 bits per heavy atom. The van der Waals surface area contributed by atoms with Crippen LogP contribution < -0.4 is 11.1 Å². The normalized spacial score (nSPS) is 25.3. The molecule has 6 heteroatoms. The van der Waals surface area contributed by atoms with Crippen LogP contribution in [0.5, 0.6) is 0 Å². The van der Waals surface area contributed by atoms with E-state index in [4.69, 9.17) is 5.73 Å². The minimum Gasteiger partial charge on any atom is -0.336 e. The van der Waals surface area contributed by atoms with Crippen molar-refractivity contribution in [1.82, 2.24) is 15.1 Å². The van der Waals surface area contributed by atoms with Crippen LogP contribution in [0.4, 0.5) is 4.79 Å². The Balaban J connectivity index is 1.73. The number of urea groups is 1. The van der Waals surface area contributed by atoms with Crippen LogP contribution in [0.1, 0.15) is 15.8 Å². The second kappa shape index (κ2) is 5.11. The summed E-state index contributed by atoms with van der Waals surface area (Å²) in [5, 5.41) is 2.91. The zero-order valence-electron chi connectivity index (χ0n) is 11.1. The highest BCUT2D eigenvalue weighted by molar-refractivity contribution is 7.12. The highest BCUT2D eigenvalue weighted by atomic mass is 32.1. The molecule has 3 heterocycles. The maximum atomic E-state index is 11.6. The largest absolute Gasteiger partial charge is 0.336 e. The fourth-order valence-electron chi connectivity index (χ4n) is 2.99. The van der Waals surface area contributed by atoms with Gasteiger partial charge in [-0.15, -0.1) is 11.3 Å². The molecule has 2 fully saturated rings. The molecule has 0 aliphatic carbocycles. The molecule has 0 bridgehead atoms. The van der Waals surface area contributed by atoms with E-state index in [0.29, 0.717) is 12.6 Å². The van der Waals surface area contributed by atoms with Crippen molar-refractivity contribution in [3.8, 4) is 0 Å². The first-order valence-corrected chi connectivity index (χ1v) is 7.55. The van der Waals surface area contributed by atoms with Crippen LogP contribution in [-0.2, 0) is 0 Å². The molecule has 5 nitrogen and oxygen atoms in total. The number of carbonyl (C=O) groups excluding carboxylic acids is 1. The summed E-state index contributed by atoms with van der Waals surface area (Å²) < 4.78 is 0. The van der Waals surface area contributed by atoms with Gasteiger partial charge in [0.25, 0.3) is 0 Å². The van der Waals surface area contributed by atoms with Crippen LogP contribution in [0.2, 0.25) is 0 Å². The van der Waals surface area contributed by atoms with Gasteiger partial charge in [-0.1, -0.05) is 0 Å². The van der Waals surface area contributed by atoms with Crippen molar-refractivity contribution in [3.05, 3.63) is 21.9 Å². The summed E-state index contributed by atoms with van der Waals surface area (Å²) >= 11 is 1.82. The monoisotopic (exact) mass is 280 g/mol. The Bertz CT molecular complexity index is 475. The molecule has 0 saturated carbocycles. The van der Waals surface area contributed by atoms with Crippen LogP contribution in [0.25, 0.3) is 0 Å². The first kappa shape index (κ1) is 12.9. The molecular formula is C13H20N4OS. The Labute approximate surface area is 117 Å². The molecule has 1 aromatic rings. The smallest absolute Gasteiger partial charge is 0.317 e. The topological polar surface area (TPSA) is 61.6 Å². The predicted octanol–water partition coefficient (Wildman–Crippen LogP) is 0.766. The van der Waals surface area contributed by atoms with Crippen molar-refractivity contribution < 1.29 is 4.79 Å². The van der Waals surface area contributed by atoms with Crippen LogP contribution in [0, 0.1) is 6.92 Å². The lowest BCUT2D eigenvalue weighted by atomic mass is 10.1.